The number of pyridine rings is 1. The van der Waals surface area contributed by atoms with Crippen molar-refractivity contribution < 1.29 is 4.79 Å². The van der Waals surface area contributed by atoms with Gasteiger partial charge in [0.15, 0.2) is 0 Å². The number of carbonyl (C=O) groups is 1. The monoisotopic (exact) mass is 391 g/mol. The minimum Gasteiger partial charge on any atom is -0.352 e. The Bertz CT molecular complexity index is 1350. The molecule has 0 aliphatic carbocycles. The smallest absolute Gasteiger partial charge is 0.329 e. The first-order valence-electron chi connectivity index (χ1n) is 9.38. The van der Waals surface area contributed by atoms with Crippen LogP contribution in [0.3, 0.4) is 0 Å². The third-order valence-electron chi connectivity index (χ3n) is 4.98. The molecule has 3 heterocycles. The molecule has 0 atom stereocenters. The fraction of sp³-hybridized carbons (Fsp3) is 0.238. The third-order valence-corrected chi connectivity index (χ3v) is 4.98. The van der Waals surface area contributed by atoms with Crippen molar-refractivity contribution in [2.45, 2.75) is 19.9 Å². The number of nitrogens with one attached hydrogen (secondary N) is 2. The molecule has 8 nitrogen and oxygen atoms in total. The topological polar surface area (TPSA) is 102 Å². The standard InChI is InChI=1S/C21H21N5O3/c1-13-12-15(17-18(23-13)25(2)21(29)24-20(17)28)19(27)22-9-5-10-26-11-8-14-6-3-4-7-16(14)26/h3-4,6-8,11-12H,5,9-10H2,1-2H3,(H,22,27)(H,24,28,29). The van der Waals surface area contributed by atoms with Crippen LogP contribution in [0, 0.1) is 6.92 Å². The molecular formula is C21H21N5O3. The fourth-order valence-electron chi connectivity index (χ4n) is 3.52. The first kappa shape index (κ1) is 18.7. The third kappa shape index (κ3) is 3.44. The highest BCUT2D eigenvalue weighted by Gasteiger charge is 2.17. The van der Waals surface area contributed by atoms with E-state index < -0.39 is 11.2 Å². The van der Waals surface area contributed by atoms with E-state index in [4.69, 9.17) is 0 Å². The lowest BCUT2D eigenvalue weighted by Gasteiger charge is -2.11. The Kier molecular flexibility index (Phi) is 4.75. The van der Waals surface area contributed by atoms with Crippen LogP contribution in [-0.4, -0.2) is 31.6 Å². The number of carbonyl (C=O) groups excluding carboxylic acids is 1. The van der Waals surface area contributed by atoms with Crippen LogP contribution in [0.25, 0.3) is 21.9 Å². The van der Waals surface area contributed by atoms with Crippen molar-refractivity contribution in [3.8, 4) is 0 Å². The van der Waals surface area contributed by atoms with E-state index in [1.807, 2.05) is 18.3 Å². The van der Waals surface area contributed by atoms with Crippen LogP contribution in [-0.2, 0) is 13.6 Å². The molecule has 0 saturated heterocycles. The summed E-state index contributed by atoms with van der Waals surface area (Å²) in [5, 5.41) is 4.17. The minimum atomic E-state index is -0.612. The predicted octanol–water partition coefficient (Wildman–Crippen LogP) is 1.71. The number of nitrogens with zero attached hydrogens (tertiary/aromatic N) is 3. The predicted molar refractivity (Wildman–Crippen MR) is 111 cm³/mol. The zero-order chi connectivity index (χ0) is 20.5. The van der Waals surface area contributed by atoms with Crippen molar-refractivity contribution in [2.75, 3.05) is 6.54 Å². The molecule has 4 rings (SSSR count). The molecule has 3 aromatic heterocycles. The molecule has 0 saturated carbocycles. The van der Waals surface area contributed by atoms with Crippen LogP contribution < -0.4 is 16.6 Å². The summed E-state index contributed by atoms with van der Waals surface area (Å²) in [6.07, 6.45) is 2.77. The van der Waals surface area contributed by atoms with E-state index in [9.17, 15) is 14.4 Å². The normalized spacial score (nSPS) is 11.2. The van der Waals surface area contributed by atoms with Gasteiger partial charge in [-0.1, -0.05) is 18.2 Å². The summed E-state index contributed by atoms with van der Waals surface area (Å²) in [5.41, 5.74) is 0.952. The number of H-pyrrole nitrogens is 1. The van der Waals surface area contributed by atoms with Crippen LogP contribution in [0.15, 0.2) is 52.2 Å². The van der Waals surface area contributed by atoms with E-state index in [-0.39, 0.29) is 22.5 Å². The summed E-state index contributed by atoms with van der Waals surface area (Å²) in [6, 6.07) is 11.8. The molecule has 2 N–H and O–H groups in total. The summed E-state index contributed by atoms with van der Waals surface area (Å²) < 4.78 is 3.38. The van der Waals surface area contributed by atoms with Gasteiger partial charge in [-0.25, -0.2) is 9.78 Å². The molecule has 0 fully saturated rings. The number of amides is 1. The maximum Gasteiger partial charge on any atom is 0.329 e. The lowest BCUT2D eigenvalue weighted by molar-refractivity contribution is 0.0954. The van der Waals surface area contributed by atoms with E-state index in [2.05, 4.69) is 38.1 Å². The van der Waals surface area contributed by atoms with Gasteiger partial charge >= 0.3 is 5.69 Å². The first-order valence-corrected chi connectivity index (χ1v) is 9.38. The average molecular weight is 391 g/mol. The molecule has 29 heavy (non-hydrogen) atoms. The number of aryl methyl sites for hydroxylation is 3. The Labute approximate surface area is 165 Å². The Hall–Kier alpha value is -3.68. The van der Waals surface area contributed by atoms with Gasteiger partial charge in [-0.2, -0.15) is 0 Å². The number of aromatic nitrogens is 4. The molecule has 4 aromatic rings. The van der Waals surface area contributed by atoms with Gasteiger partial charge in [0.1, 0.15) is 5.65 Å². The van der Waals surface area contributed by atoms with Crippen LogP contribution in [0.5, 0.6) is 0 Å². The van der Waals surface area contributed by atoms with E-state index in [1.54, 1.807) is 13.0 Å². The molecule has 0 aliphatic heterocycles. The van der Waals surface area contributed by atoms with Crippen LogP contribution in [0.1, 0.15) is 22.5 Å². The zero-order valence-electron chi connectivity index (χ0n) is 16.2. The maximum atomic E-state index is 12.7. The van der Waals surface area contributed by atoms with Gasteiger partial charge in [-0.15, -0.1) is 0 Å². The average Bonchev–Trinajstić information content (AvgIpc) is 3.11. The number of benzene rings is 1. The molecule has 0 aliphatic rings. The molecule has 1 amide bonds. The van der Waals surface area contributed by atoms with E-state index in [0.717, 1.165) is 18.5 Å². The van der Waals surface area contributed by atoms with E-state index in [0.29, 0.717) is 12.2 Å². The number of fused-ring (bicyclic) bond motifs is 2. The van der Waals surface area contributed by atoms with Gasteiger partial charge in [0, 0.05) is 37.5 Å². The fourth-order valence-corrected chi connectivity index (χ4v) is 3.52. The molecule has 148 valence electrons. The quantitative estimate of drug-likeness (QED) is 0.506. The van der Waals surface area contributed by atoms with Crippen LogP contribution in [0.4, 0.5) is 0 Å². The number of rotatable bonds is 5. The molecule has 0 radical (unpaired) electrons. The van der Waals surface area contributed by atoms with E-state index >= 15 is 0 Å². The van der Waals surface area contributed by atoms with Gasteiger partial charge in [0.25, 0.3) is 11.5 Å². The van der Waals surface area contributed by atoms with Crippen LogP contribution >= 0.6 is 0 Å². The molecule has 1 aromatic carbocycles. The highest BCUT2D eigenvalue weighted by Crippen LogP contribution is 2.16. The molecular weight excluding hydrogens is 370 g/mol. The second-order valence-electron chi connectivity index (χ2n) is 7.01. The van der Waals surface area contributed by atoms with Crippen molar-refractivity contribution >= 4 is 27.8 Å². The van der Waals surface area contributed by atoms with Gasteiger partial charge in [-0.05, 0) is 36.9 Å². The zero-order valence-corrected chi connectivity index (χ0v) is 16.2. The molecule has 0 spiro atoms. The summed E-state index contributed by atoms with van der Waals surface area (Å²) in [4.78, 5) is 43.4. The number of hydrogen-bond donors (Lipinski definition) is 2. The number of hydrogen-bond acceptors (Lipinski definition) is 4. The largest absolute Gasteiger partial charge is 0.352 e. The summed E-state index contributed by atoms with van der Waals surface area (Å²) >= 11 is 0. The minimum absolute atomic E-state index is 0.117. The molecule has 0 unspecified atom stereocenters. The summed E-state index contributed by atoms with van der Waals surface area (Å²) in [5.74, 6) is -0.359. The van der Waals surface area contributed by atoms with Gasteiger partial charge in [-0.3, -0.25) is 19.1 Å². The van der Waals surface area contributed by atoms with Crippen molar-refractivity contribution in [1.29, 1.82) is 0 Å². The highest BCUT2D eigenvalue weighted by atomic mass is 16.2. The van der Waals surface area contributed by atoms with Crippen molar-refractivity contribution in [3.05, 3.63) is 74.7 Å². The Morgan fingerprint density at radius 2 is 2.00 bits per heavy atom. The second kappa shape index (κ2) is 7.38. The van der Waals surface area contributed by atoms with Gasteiger partial charge < -0.3 is 9.88 Å². The Balaban J connectivity index is 1.52. The number of aromatic amines is 1. The van der Waals surface area contributed by atoms with Gasteiger partial charge in [0.05, 0.1) is 10.9 Å². The summed E-state index contributed by atoms with van der Waals surface area (Å²) in [6.45, 7) is 2.94. The van der Waals surface area contributed by atoms with Gasteiger partial charge in [0.2, 0.25) is 0 Å². The Morgan fingerprint density at radius 1 is 1.21 bits per heavy atom. The maximum absolute atomic E-state index is 12.7. The SMILES string of the molecule is Cc1cc(C(=O)NCCCn2ccc3ccccc32)c2c(=O)[nH]c(=O)n(C)c2n1. The highest BCUT2D eigenvalue weighted by molar-refractivity contribution is 6.05. The lowest BCUT2D eigenvalue weighted by Crippen LogP contribution is -2.32. The molecule has 0 bridgehead atoms. The number of para-hydroxylation sites is 1. The van der Waals surface area contributed by atoms with Crippen molar-refractivity contribution in [3.63, 3.8) is 0 Å². The molecule has 8 heteroatoms. The van der Waals surface area contributed by atoms with Crippen molar-refractivity contribution in [1.82, 2.24) is 24.4 Å². The summed E-state index contributed by atoms with van der Waals surface area (Å²) in [7, 11) is 1.51. The van der Waals surface area contributed by atoms with Crippen LogP contribution in [0.2, 0.25) is 0 Å². The second-order valence-corrected chi connectivity index (χ2v) is 7.01. The van der Waals surface area contributed by atoms with Crippen molar-refractivity contribution in [2.24, 2.45) is 7.05 Å². The first-order chi connectivity index (χ1) is 14.0. The lowest BCUT2D eigenvalue weighted by atomic mass is 10.1. The van der Waals surface area contributed by atoms with E-state index in [1.165, 1.54) is 17.0 Å². The Morgan fingerprint density at radius 3 is 2.83 bits per heavy atom.